The van der Waals surface area contributed by atoms with Crippen LogP contribution < -0.4 is 10.6 Å². The van der Waals surface area contributed by atoms with Crippen LogP contribution in [-0.4, -0.2) is 38.8 Å². The predicted octanol–water partition coefficient (Wildman–Crippen LogP) is 1.55. The zero-order valence-corrected chi connectivity index (χ0v) is 11.7. The number of hydrogen-bond acceptors (Lipinski definition) is 3. The fraction of sp³-hybridized carbons (Fsp3) is 0.923. The summed E-state index contributed by atoms with van der Waals surface area (Å²) >= 11 is 0. The van der Waals surface area contributed by atoms with Crippen LogP contribution >= 0.6 is 0 Å². The highest BCUT2D eigenvalue weighted by molar-refractivity contribution is 5.77. The number of ether oxygens (including phenoxy) is 1. The van der Waals surface area contributed by atoms with Crippen molar-refractivity contribution in [1.82, 2.24) is 10.6 Å². The van der Waals surface area contributed by atoms with E-state index in [1.165, 1.54) is 12.8 Å². The van der Waals surface area contributed by atoms with Gasteiger partial charge in [-0.3, -0.25) is 4.79 Å². The summed E-state index contributed by atoms with van der Waals surface area (Å²) in [6.45, 7) is 8.15. The molecule has 17 heavy (non-hydrogen) atoms. The van der Waals surface area contributed by atoms with E-state index in [1.807, 2.05) is 0 Å². The number of nitrogens with one attached hydrogen (secondary N) is 2. The number of hydrogen-bond donors (Lipinski definition) is 2. The van der Waals surface area contributed by atoms with Crippen molar-refractivity contribution in [1.29, 1.82) is 0 Å². The quantitative estimate of drug-likeness (QED) is 0.573. The summed E-state index contributed by atoms with van der Waals surface area (Å²) in [7, 11) is 1.63. The first-order valence-electron chi connectivity index (χ1n) is 6.55. The van der Waals surface area contributed by atoms with Gasteiger partial charge in [-0.1, -0.05) is 26.7 Å². The van der Waals surface area contributed by atoms with Crippen LogP contribution in [0.2, 0.25) is 0 Å². The van der Waals surface area contributed by atoms with Gasteiger partial charge in [-0.25, -0.2) is 0 Å². The van der Waals surface area contributed by atoms with Gasteiger partial charge in [0.15, 0.2) is 0 Å². The standard InChI is InChI=1S/C13H28N2O2/c1-11(2)6-5-7-12(3)15-10-13(16)14-8-9-17-4/h11-12,15H,5-10H2,1-4H3,(H,14,16). The Morgan fingerprint density at radius 1 is 1.24 bits per heavy atom. The third kappa shape index (κ3) is 11.6. The van der Waals surface area contributed by atoms with Gasteiger partial charge in [0, 0.05) is 19.7 Å². The number of amides is 1. The summed E-state index contributed by atoms with van der Waals surface area (Å²) in [6, 6.07) is 0.405. The molecule has 0 aromatic rings. The molecule has 0 aromatic carbocycles. The number of carbonyl (C=O) groups excluding carboxylic acids is 1. The monoisotopic (exact) mass is 244 g/mol. The first-order chi connectivity index (χ1) is 8.06. The molecule has 0 aliphatic carbocycles. The molecule has 4 heteroatoms. The Kier molecular flexibility index (Phi) is 10.2. The minimum absolute atomic E-state index is 0.0396. The molecule has 0 saturated carbocycles. The van der Waals surface area contributed by atoms with E-state index in [9.17, 15) is 4.79 Å². The maximum absolute atomic E-state index is 11.4. The van der Waals surface area contributed by atoms with Crippen molar-refractivity contribution in [2.45, 2.75) is 46.1 Å². The molecule has 0 rings (SSSR count). The first kappa shape index (κ1) is 16.4. The minimum atomic E-state index is 0.0396. The molecule has 0 bridgehead atoms. The molecule has 102 valence electrons. The molecule has 0 aromatic heterocycles. The average Bonchev–Trinajstić information content (AvgIpc) is 2.26. The van der Waals surface area contributed by atoms with Crippen LogP contribution in [0.25, 0.3) is 0 Å². The van der Waals surface area contributed by atoms with Gasteiger partial charge in [-0.15, -0.1) is 0 Å². The van der Waals surface area contributed by atoms with Gasteiger partial charge >= 0.3 is 0 Å². The Morgan fingerprint density at radius 2 is 1.94 bits per heavy atom. The van der Waals surface area contributed by atoms with Crippen molar-refractivity contribution >= 4 is 5.91 Å². The van der Waals surface area contributed by atoms with Gasteiger partial charge in [0.2, 0.25) is 5.91 Å². The molecule has 1 unspecified atom stereocenters. The summed E-state index contributed by atoms with van der Waals surface area (Å²) in [5, 5.41) is 6.02. The fourth-order valence-electron chi connectivity index (χ4n) is 1.56. The van der Waals surface area contributed by atoms with Gasteiger partial charge in [0.1, 0.15) is 0 Å². The molecule has 1 atom stereocenters. The summed E-state index contributed by atoms with van der Waals surface area (Å²) in [5.41, 5.74) is 0. The lowest BCUT2D eigenvalue weighted by Crippen LogP contribution is -2.39. The molecule has 0 aliphatic rings. The molecule has 0 heterocycles. The Labute approximate surface area is 105 Å². The maximum Gasteiger partial charge on any atom is 0.234 e. The Hall–Kier alpha value is -0.610. The van der Waals surface area contributed by atoms with Gasteiger partial charge in [-0.05, 0) is 19.3 Å². The predicted molar refractivity (Wildman–Crippen MR) is 71.0 cm³/mol. The van der Waals surface area contributed by atoms with E-state index in [2.05, 4.69) is 31.4 Å². The van der Waals surface area contributed by atoms with Crippen LogP contribution in [0.1, 0.15) is 40.0 Å². The molecular weight excluding hydrogens is 216 g/mol. The van der Waals surface area contributed by atoms with E-state index in [1.54, 1.807) is 7.11 Å². The lowest BCUT2D eigenvalue weighted by Gasteiger charge is -2.14. The third-order valence-electron chi connectivity index (χ3n) is 2.66. The van der Waals surface area contributed by atoms with Crippen LogP contribution in [0.5, 0.6) is 0 Å². The Bertz CT molecular complexity index is 196. The largest absolute Gasteiger partial charge is 0.383 e. The SMILES string of the molecule is COCCNC(=O)CNC(C)CCCC(C)C. The maximum atomic E-state index is 11.4. The van der Waals surface area contributed by atoms with Crippen LogP contribution in [0.3, 0.4) is 0 Å². The normalized spacial score (nSPS) is 12.8. The van der Waals surface area contributed by atoms with Crippen molar-refractivity contribution in [2.75, 3.05) is 26.8 Å². The minimum Gasteiger partial charge on any atom is -0.383 e. The van der Waals surface area contributed by atoms with Gasteiger partial charge in [0.05, 0.1) is 13.2 Å². The van der Waals surface area contributed by atoms with Crippen molar-refractivity contribution in [3.05, 3.63) is 0 Å². The van der Waals surface area contributed by atoms with E-state index in [4.69, 9.17) is 4.74 Å². The summed E-state index contributed by atoms with van der Waals surface area (Å²) in [6.07, 6.45) is 3.60. The van der Waals surface area contributed by atoms with E-state index in [-0.39, 0.29) is 5.91 Å². The van der Waals surface area contributed by atoms with Gasteiger partial charge in [0.25, 0.3) is 0 Å². The van der Waals surface area contributed by atoms with E-state index in [0.717, 1.165) is 12.3 Å². The highest BCUT2D eigenvalue weighted by Gasteiger charge is 2.05. The number of rotatable bonds is 10. The zero-order valence-electron chi connectivity index (χ0n) is 11.7. The van der Waals surface area contributed by atoms with Crippen LogP contribution in [-0.2, 0) is 9.53 Å². The molecule has 0 spiro atoms. The topological polar surface area (TPSA) is 50.4 Å². The zero-order chi connectivity index (χ0) is 13.1. The van der Waals surface area contributed by atoms with Crippen LogP contribution in [0, 0.1) is 5.92 Å². The Morgan fingerprint density at radius 3 is 2.53 bits per heavy atom. The second-order valence-corrected chi connectivity index (χ2v) is 4.95. The van der Waals surface area contributed by atoms with Gasteiger partial charge < -0.3 is 15.4 Å². The molecule has 0 fully saturated rings. The van der Waals surface area contributed by atoms with Crippen molar-refractivity contribution in [3.63, 3.8) is 0 Å². The lowest BCUT2D eigenvalue weighted by molar-refractivity contribution is -0.120. The molecule has 0 saturated heterocycles. The van der Waals surface area contributed by atoms with E-state index < -0.39 is 0 Å². The van der Waals surface area contributed by atoms with E-state index >= 15 is 0 Å². The number of carbonyl (C=O) groups is 1. The second kappa shape index (κ2) is 10.5. The van der Waals surface area contributed by atoms with Crippen molar-refractivity contribution in [2.24, 2.45) is 5.92 Å². The third-order valence-corrected chi connectivity index (χ3v) is 2.66. The van der Waals surface area contributed by atoms with Crippen molar-refractivity contribution < 1.29 is 9.53 Å². The molecule has 0 radical (unpaired) electrons. The highest BCUT2D eigenvalue weighted by Crippen LogP contribution is 2.07. The highest BCUT2D eigenvalue weighted by atomic mass is 16.5. The summed E-state index contributed by atoms with van der Waals surface area (Å²) < 4.78 is 4.86. The lowest BCUT2D eigenvalue weighted by atomic mass is 10.0. The summed E-state index contributed by atoms with van der Waals surface area (Å²) in [5.74, 6) is 0.803. The molecule has 0 aliphatic heterocycles. The smallest absolute Gasteiger partial charge is 0.234 e. The summed E-state index contributed by atoms with van der Waals surface area (Å²) in [4.78, 5) is 11.4. The second-order valence-electron chi connectivity index (χ2n) is 4.95. The van der Waals surface area contributed by atoms with Crippen molar-refractivity contribution in [3.8, 4) is 0 Å². The molecule has 1 amide bonds. The Balaban J connectivity index is 3.42. The fourth-order valence-corrected chi connectivity index (χ4v) is 1.56. The molecule has 4 nitrogen and oxygen atoms in total. The van der Waals surface area contributed by atoms with E-state index in [0.29, 0.717) is 25.7 Å². The molecule has 2 N–H and O–H groups in total. The molecular formula is C13H28N2O2. The van der Waals surface area contributed by atoms with Gasteiger partial charge in [-0.2, -0.15) is 0 Å². The van der Waals surface area contributed by atoms with Crippen LogP contribution in [0.15, 0.2) is 0 Å². The first-order valence-corrected chi connectivity index (χ1v) is 6.55. The number of methoxy groups -OCH3 is 1. The average molecular weight is 244 g/mol. The van der Waals surface area contributed by atoms with Crippen LogP contribution in [0.4, 0.5) is 0 Å².